The number of halogens is 3. The molecule has 26 heavy (non-hydrogen) atoms. The van der Waals surface area contributed by atoms with Crippen LogP contribution in [0.4, 0.5) is 13.2 Å². The normalized spacial score (nSPS) is 12.0. The summed E-state index contributed by atoms with van der Waals surface area (Å²) in [7, 11) is 0. The van der Waals surface area contributed by atoms with Crippen LogP contribution < -0.4 is 0 Å². The lowest BCUT2D eigenvalue weighted by atomic mass is 10.1. The maximum Gasteiger partial charge on any atom is 0.451 e. The summed E-state index contributed by atoms with van der Waals surface area (Å²) in [5.41, 5.74) is 2.08. The molecule has 7 heteroatoms. The van der Waals surface area contributed by atoms with Gasteiger partial charge in [-0.3, -0.25) is 4.98 Å². The maximum atomic E-state index is 13.1. The Bertz CT molecular complexity index is 1090. The minimum atomic E-state index is -4.58. The molecule has 4 rings (SSSR count). The van der Waals surface area contributed by atoms with Gasteiger partial charge in [0.1, 0.15) is 5.03 Å². The van der Waals surface area contributed by atoms with E-state index in [2.05, 4.69) is 15.0 Å². The van der Waals surface area contributed by atoms with Crippen LogP contribution in [-0.4, -0.2) is 15.0 Å². The van der Waals surface area contributed by atoms with Crippen LogP contribution in [0.1, 0.15) is 11.4 Å². The van der Waals surface area contributed by atoms with Crippen LogP contribution in [0.15, 0.2) is 65.8 Å². The van der Waals surface area contributed by atoms with Crippen LogP contribution >= 0.6 is 11.8 Å². The van der Waals surface area contributed by atoms with Gasteiger partial charge in [-0.25, -0.2) is 9.97 Å². The van der Waals surface area contributed by atoms with Crippen molar-refractivity contribution in [1.82, 2.24) is 15.0 Å². The monoisotopic (exact) mass is 371 g/mol. The van der Waals surface area contributed by atoms with Gasteiger partial charge in [0.15, 0.2) is 0 Å². The fraction of sp³-hybridized carbons (Fsp3) is 0.105. The number of fused-ring (bicyclic) bond motifs is 2. The molecule has 0 N–H and O–H groups in total. The summed E-state index contributed by atoms with van der Waals surface area (Å²) in [6.07, 6.45) is -2.88. The quantitative estimate of drug-likeness (QED) is 0.353. The Morgan fingerprint density at radius 2 is 1.69 bits per heavy atom. The lowest BCUT2D eigenvalue weighted by Crippen LogP contribution is -2.11. The molecule has 0 amide bonds. The molecule has 0 aliphatic carbocycles. The average Bonchev–Trinajstić information content (AvgIpc) is 2.65. The summed E-state index contributed by atoms with van der Waals surface area (Å²) in [6, 6.07) is 16.3. The third-order valence-electron chi connectivity index (χ3n) is 3.90. The van der Waals surface area contributed by atoms with E-state index in [-0.39, 0.29) is 5.52 Å². The lowest BCUT2D eigenvalue weighted by Gasteiger charge is -2.11. The van der Waals surface area contributed by atoms with Gasteiger partial charge in [0, 0.05) is 22.7 Å². The van der Waals surface area contributed by atoms with Gasteiger partial charge in [-0.05, 0) is 17.7 Å². The second kappa shape index (κ2) is 6.57. The van der Waals surface area contributed by atoms with Crippen molar-refractivity contribution in [2.75, 3.05) is 0 Å². The first-order valence-electron chi connectivity index (χ1n) is 7.82. The number of nitrogens with zero attached hydrogens (tertiary/aromatic N) is 3. The number of thioether (sulfide) groups is 1. The van der Waals surface area contributed by atoms with Crippen LogP contribution in [0.2, 0.25) is 0 Å². The summed E-state index contributed by atoms with van der Waals surface area (Å²) < 4.78 is 39.4. The molecule has 130 valence electrons. The zero-order valence-electron chi connectivity index (χ0n) is 13.4. The Morgan fingerprint density at radius 1 is 0.885 bits per heavy atom. The highest BCUT2D eigenvalue weighted by molar-refractivity contribution is 7.98. The van der Waals surface area contributed by atoms with Gasteiger partial charge in [0.2, 0.25) is 5.82 Å². The summed E-state index contributed by atoms with van der Waals surface area (Å²) in [6.45, 7) is 0. The molecule has 0 radical (unpaired) electrons. The average molecular weight is 371 g/mol. The highest BCUT2D eigenvalue weighted by atomic mass is 32.2. The largest absolute Gasteiger partial charge is 0.451 e. The first-order valence-corrected chi connectivity index (χ1v) is 8.80. The predicted octanol–water partition coefficient (Wildman–Crippen LogP) is 5.49. The third-order valence-corrected chi connectivity index (χ3v) is 4.94. The van der Waals surface area contributed by atoms with Crippen LogP contribution in [-0.2, 0) is 11.9 Å². The number of pyridine rings is 1. The topological polar surface area (TPSA) is 38.7 Å². The third kappa shape index (κ3) is 3.22. The Kier molecular flexibility index (Phi) is 4.24. The van der Waals surface area contributed by atoms with Gasteiger partial charge >= 0.3 is 6.18 Å². The van der Waals surface area contributed by atoms with Crippen molar-refractivity contribution in [3.8, 4) is 0 Å². The van der Waals surface area contributed by atoms with Crippen LogP contribution in [0, 0.1) is 0 Å². The van der Waals surface area contributed by atoms with Gasteiger partial charge < -0.3 is 0 Å². The smallest absolute Gasteiger partial charge is 0.256 e. The number of hydrogen-bond donors (Lipinski definition) is 0. The molecular weight excluding hydrogens is 359 g/mol. The first-order chi connectivity index (χ1) is 12.5. The van der Waals surface area contributed by atoms with E-state index in [1.165, 1.54) is 11.8 Å². The van der Waals surface area contributed by atoms with E-state index in [9.17, 15) is 13.2 Å². The Balaban J connectivity index is 1.75. The van der Waals surface area contributed by atoms with Crippen molar-refractivity contribution in [3.63, 3.8) is 0 Å². The fourth-order valence-corrected chi connectivity index (χ4v) is 3.72. The molecule has 0 saturated heterocycles. The van der Waals surface area contributed by atoms with Crippen molar-refractivity contribution in [2.24, 2.45) is 0 Å². The number of rotatable bonds is 3. The number of aromatic nitrogens is 3. The van der Waals surface area contributed by atoms with Gasteiger partial charge in [-0.2, -0.15) is 13.2 Å². The summed E-state index contributed by atoms with van der Waals surface area (Å²) in [5.74, 6) is -0.651. The minimum absolute atomic E-state index is 0.286. The van der Waals surface area contributed by atoms with Crippen molar-refractivity contribution in [2.45, 2.75) is 17.0 Å². The number of alkyl halides is 3. The fourth-order valence-electron chi connectivity index (χ4n) is 2.71. The number of hydrogen-bond acceptors (Lipinski definition) is 4. The maximum absolute atomic E-state index is 13.1. The zero-order chi connectivity index (χ0) is 18.1. The van der Waals surface area contributed by atoms with Crippen molar-refractivity contribution in [3.05, 3.63) is 72.2 Å². The number of benzene rings is 2. The van der Waals surface area contributed by atoms with Gasteiger partial charge in [0.05, 0.1) is 11.0 Å². The molecule has 0 aliphatic heterocycles. The predicted molar refractivity (Wildman–Crippen MR) is 95.8 cm³/mol. The number of para-hydroxylation sites is 2. The molecular formula is C19H12F3N3S. The summed E-state index contributed by atoms with van der Waals surface area (Å²) in [4.78, 5) is 11.8. The molecule has 0 unspecified atom stereocenters. The molecule has 2 heterocycles. The minimum Gasteiger partial charge on any atom is -0.256 e. The molecule has 2 aromatic carbocycles. The van der Waals surface area contributed by atoms with Gasteiger partial charge in [-0.1, -0.05) is 42.5 Å². The molecule has 3 nitrogen and oxygen atoms in total. The molecule has 0 fully saturated rings. The Hall–Kier alpha value is -2.67. The Morgan fingerprint density at radius 3 is 2.54 bits per heavy atom. The van der Waals surface area contributed by atoms with E-state index in [0.29, 0.717) is 16.2 Å². The molecule has 0 atom stereocenters. The standard InChI is InChI=1S/C19H12F3N3S/c20-19(21,22)18-24-15-9-2-1-8-14(15)17(25-18)26-11-13-6-3-5-12-7-4-10-23-16(12)13/h1-10H,11H2. The molecule has 0 saturated carbocycles. The summed E-state index contributed by atoms with van der Waals surface area (Å²) in [5, 5.41) is 1.92. The van der Waals surface area contributed by atoms with Crippen LogP contribution in [0.25, 0.3) is 21.8 Å². The van der Waals surface area contributed by atoms with E-state index >= 15 is 0 Å². The molecule has 4 aromatic rings. The second-order valence-electron chi connectivity index (χ2n) is 5.65. The molecule has 2 aromatic heterocycles. The molecule has 0 aliphatic rings. The zero-order valence-corrected chi connectivity index (χ0v) is 14.2. The second-order valence-corrected chi connectivity index (χ2v) is 6.61. The van der Waals surface area contributed by atoms with E-state index in [0.717, 1.165) is 16.5 Å². The van der Waals surface area contributed by atoms with Crippen molar-refractivity contribution >= 4 is 33.6 Å². The van der Waals surface area contributed by atoms with Crippen LogP contribution in [0.5, 0.6) is 0 Å². The van der Waals surface area contributed by atoms with Gasteiger partial charge in [-0.15, -0.1) is 11.8 Å². The molecule has 0 spiro atoms. The van der Waals surface area contributed by atoms with Crippen molar-refractivity contribution < 1.29 is 13.2 Å². The first kappa shape index (κ1) is 16.8. The Labute approximate surface area is 151 Å². The van der Waals surface area contributed by atoms with E-state index in [1.54, 1.807) is 30.5 Å². The highest BCUT2D eigenvalue weighted by Crippen LogP contribution is 2.34. The van der Waals surface area contributed by atoms with E-state index in [4.69, 9.17) is 0 Å². The van der Waals surface area contributed by atoms with Gasteiger partial charge in [0.25, 0.3) is 0 Å². The highest BCUT2D eigenvalue weighted by Gasteiger charge is 2.35. The van der Waals surface area contributed by atoms with Crippen LogP contribution in [0.3, 0.4) is 0 Å². The van der Waals surface area contributed by atoms with Crippen molar-refractivity contribution in [1.29, 1.82) is 0 Å². The van der Waals surface area contributed by atoms with E-state index < -0.39 is 12.0 Å². The summed E-state index contributed by atoms with van der Waals surface area (Å²) >= 11 is 1.26. The SMILES string of the molecule is FC(F)(F)c1nc(SCc2cccc3cccnc23)c2ccccc2n1. The van der Waals surface area contributed by atoms with E-state index in [1.807, 2.05) is 30.3 Å². The lowest BCUT2D eigenvalue weighted by molar-refractivity contribution is -0.145. The molecule has 0 bridgehead atoms.